The standard InChI is InChI=1S/C20H24N6O4/c1-25(30-3)19(28)14-11-16-17(22-12-14)26(8-5-9-29-2)20(23-16)24-18(27)13-6-4-7-15(21)10-13/h4,6-7,10-12H,5,8-9,21H2,1-3H3,(H,23,24,27). The number of nitrogen functional groups attached to an aromatic ring is 1. The lowest BCUT2D eigenvalue weighted by Gasteiger charge is -2.13. The maximum atomic E-state index is 12.7. The SMILES string of the molecule is COCCCn1c(NC(=O)c2cccc(N)c2)nc2cc(C(=O)N(C)OC)cnc21. The molecule has 0 spiro atoms. The normalized spacial score (nSPS) is 10.9. The molecule has 0 aliphatic heterocycles. The fourth-order valence-corrected chi connectivity index (χ4v) is 2.92. The first-order chi connectivity index (χ1) is 14.4. The molecule has 0 saturated heterocycles. The second-order valence-corrected chi connectivity index (χ2v) is 6.56. The fourth-order valence-electron chi connectivity index (χ4n) is 2.92. The molecule has 10 heteroatoms. The fraction of sp³-hybridized carbons (Fsp3) is 0.300. The van der Waals surface area contributed by atoms with Gasteiger partial charge in [0.2, 0.25) is 5.95 Å². The summed E-state index contributed by atoms with van der Waals surface area (Å²) in [5, 5.41) is 3.91. The van der Waals surface area contributed by atoms with Gasteiger partial charge in [0.1, 0.15) is 5.52 Å². The Bertz CT molecular complexity index is 1060. The van der Waals surface area contributed by atoms with Crippen molar-refractivity contribution in [2.75, 3.05) is 38.9 Å². The van der Waals surface area contributed by atoms with Crippen LogP contribution in [0.3, 0.4) is 0 Å². The minimum Gasteiger partial charge on any atom is -0.399 e. The molecule has 10 nitrogen and oxygen atoms in total. The van der Waals surface area contributed by atoms with Crippen LogP contribution in [0.25, 0.3) is 11.2 Å². The molecule has 2 heterocycles. The summed E-state index contributed by atoms with van der Waals surface area (Å²) in [6.07, 6.45) is 2.15. The van der Waals surface area contributed by atoms with Gasteiger partial charge < -0.3 is 10.5 Å². The molecule has 0 saturated carbocycles. The summed E-state index contributed by atoms with van der Waals surface area (Å²) in [6, 6.07) is 8.28. The van der Waals surface area contributed by atoms with Crippen LogP contribution in [0.15, 0.2) is 36.5 Å². The van der Waals surface area contributed by atoms with Gasteiger partial charge in [-0.05, 0) is 30.7 Å². The molecule has 0 aliphatic rings. The zero-order chi connectivity index (χ0) is 21.7. The lowest BCUT2D eigenvalue weighted by Crippen LogP contribution is -2.25. The zero-order valence-electron chi connectivity index (χ0n) is 17.1. The van der Waals surface area contributed by atoms with Gasteiger partial charge in [-0.25, -0.2) is 15.0 Å². The number of methoxy groups -OCH3 is 1. The van der Waals surface area contributed by atoms with Crippen LogP contribution < -0.4 is 11.1 Å². The number of amides is 2. The zero-order valence-corrected chi connectivity index (χ0v) is 17.1. The molecule has 0 atom stereocenters. The Morgan fingerprint density at radius 3 is 2.73 bits per heavy atom. The first-order valence-corrected chi connectivity index (χ1v) is 9.29. The van der Waals surface area contributed by atoms with Gasteiger partial charge in [0.15, 0.2) is 5.65 Å². The maximum Gasteiger partial charge on any atom is 0.278 e. The van der Waals surface area contributed by atoms with E-state index in [0.717, 1.165) is 5.06 Å². The Hall–Kier alpha value is -3.50. The smallest absolute Gasteiger partial charge is 0.278 e. The highest BCUT2D eigenvalue weighted by Gasteiger charge is 2.19. The lowest BCUT2D eigenvalue weighted by molar-refractivity contribution is -0.0757. The number of hydrogen-bond acceptors (Lipinski definition) is 7. The van der Waals surface area contributed by atoms with Crippen LogP contribution in [0, 0.1) is 0 Å². The average molecular weight is 412 g/mol. The number of aryl methyl sites for hydroxylation is 1. The van der Waals surface area contributed by atoms with E-state index in [2.05, 4.69) is 15.3 Å². The van der Waals surface area contributed by atoms with Gasteiger partial charge in [0.25, 0.3) is 11.8 Å². The lowest BCUT2D eigenvalue weighted by atomic mass is 10.2. The van der Waals surface area contributed by atoms with Crippen molar-refractivity contribution in [1.82, 2.24) is 19.6 Å². The van der Waals surface area contributed by atoms with Gasteiger partial charge in [-0.1, -0.05) is 6.07 Å². The van der Waals surface area contributed by atoms with Gasteiger partial charge in [-0.15, -0.1) is 0 Å². The van der Waals surface area contributed by atoms with Crippen LogP contribution >= 0.6 is 0 Å². The first-order valence-electron chi connectivity index (χ1n) is 9.29. The molecule has 3 aromatic rings. The first kappa shape index (κ1) is 21.2. The van der Waals surface area contributed by atoms with E-state index in [4.69, 9.17) is 15.3 Å². The van der Waals surface area contributed by atoms with Crippen LogP contribution in [0.2, 0.25) is 0 Å². The van der Waals surface area contributed by atoms with Gasteiger partial charge >= 0.3 is 0 Å². The molecule has 0 bridgehead atoms. The number of imidazole rings is 1. The number of carbonyl (C=O) groups excluding carboxylic acids is 2. The highest BCUT2D eigenvalue weighted by atomic mass is 16.7. The van der Waals surface area contributed by atoms with Crippen molar-refractivity contribution < 1.29 is 19.2 Å². The predicted molar refractivity (Wildman–Crippen MR) is 112 cm³/mol. The van der Waals surface area contributed by atoms with Crippen LogP contribution in [0.1, 0.15) is 27.1 Å². The molecular weight excluding hydrogens is 388 g/mol. The van der Waals surface area contributed by atoms with Crippen LogP contribution in [-0.2, 0) is 16.1 Å². The molecule has 2 amide bonds. The predicted octanol–water partition coefficient (Wildman–Crippen LogP) is 1.94. The molecule has 158 valence electrons. The summed E-state index contributed by atoms with van der Waals surface area (Å²) >= 11 is 0. The van der Waals surface area contributed by atoms with Crippen molar-refractivity contribution in [2.24, 2.45) is 0 Å². The van der Waals surface area contributed by atoms with Crippen molar-refractivity contribution in [2.45, 2.75) is 13.0 Å². The third kappa shape index (κ3) is 4.56. The summed E-state index contributed by atoms with van der Waals surface area (Å²) < 4.78 is 6.91. The number of rotatable bonds is 8. The van der Waals surface area contributed by atoms with E-state index in [1.54, 1.807) is 42.0 Å². The summed E-state index contributed by atoms with van der Waals surface area (Å²) in [4.78, 5) is 38.9. The number of ether oxygens (including phenoxy) is 1. The maximum absolute atomic E-state index is 12.7. The number of benzene rings is 1. The van der Waals surface area contributed by atoms with Crippen molar-refractivity contribution in [3.8, 4) is 0 Å². The van der Waals surface area contributed by atoms with E-state index in [-0.39, 0.29) is 11.8 Å². The van der Waals surface area contributed by atoms with E-state index < -0.39 is 0 Å². The highest BCUT2D eigenvalue weighted by Crippen LogP contribution is 2.21. The van der Waals surface area contributed by atoms with Crippen LogP contribution in [-0.4, -0.2) is 59.3 Å². The Balaban J connectivity index is 1.97. The number of fused-ring (bicyclic) bond motifs is 1. The quantitative estimate of drug-likeness (QED) is 0.329. The van der Waals surface area contributed by atoms with Crippen LogP contribution in [0.4, 0.5) is 11.6 Å². The Kier molecular flexibility index (Phi) is 6.60. The molecular formula is C20H24N6O4. The molecule has 3 N–H and O–H groups in total. The number of nitrogens with zero attached hydrogens (tertiary/aromatic N) is 4. The summed E-state index contributed by atoms with van der Waals surface area (Å²) in [5.41, 5.74) is 8.02. The van der Waals surface area contributed by atoms with Gasteiger partial charge in [0, 0.05) is 44.8 Å². The molecule has 30 heavy (non-hydrogen) atoms. The minimum absolute atomic E-state index is 0.321. The molecule has 3 rings (SSSR count). The summed E-state index contributed by atoms with van der Waals surface area (Å²) in [5.74, 6) is -0.377. The second-order valence-electron chi connectivity index (χ2n) is 6.56. The molecule has 2 aromatic heterocycles. The number of anilines is 2. The van der Waals surface area contributed by atoms with E-state index >= 15 is 0 Å². The molecule has 1 aromatic carbocycles. The minimum atomic E-state index is -0.355. The molecule has 0 fully saturated rings. The number of carbonyl (C=O) groups is 2. The van der Waals surface area contributed by atoms with Crippen molar-refractivity contribution in [1.29, 1.82) is 0 Å². The number of hydroxylamine groups is 2. The van der Waals surface area contributed by atoms with Gasteiger partial charge in [-0.3, -0.25) is 24.3 Å². The number of hydrogen-bond donors (Lipinski definition) is 2. The van der Waals surface area contributed by atoms with E-state index in [0.29, 0.717) is 53.5 Å². The highest BCUT2D eigenvalue weighted by molar-refractivity contribution is 6.04. The largest absolute Gasteiger partial charge is 0.399 e. The number of nitrogens with two attached hydrogens (primary N) is 1. The molecule has 0 aliphatic carbocycles. The average Bonchev–Trinajstić information content (AvgIpc) is 3.09. The number of aromatic nitrogens is 3. The molecule has 0 unspecified atom stereocenters. The van der Waals surface area contributed by atoms with Crippen molar-refractivity contribution in [3.05, 3.63) is 47.7 Å². The van der Waals surface area contributed by atoms with Crippen LogP contribution in [0.5, 0.6) is 0 Å². The summed E-state index contributed by atoms with van der Waals surface area (Å²) in [6.45, 7) is 1.06. The summed E-state index contributed by atoms with van der Waals surface area (Å²) in [7, 11) is 4.53. The van der Waals surface area contributed by atoms with Crippen molar-refractivity contribution >= 4 is 34.6 Å². The van der Waals surface area contributed by atoms with Crippen molar-refractivity contribution in [3.63, 3.8) is 0 Å². The third-order valence-corrected chi connectivity index (χ3v) is 4.50. The van der Waals surface area contributed by atoms with E-state index in [1.807, 2.05) is 0 Å². The van der Waals surface area contributed by atoms with E-state index in [9.17, 15) is 9.59 Å². The topological polar surface area (TPSA) is 125 Å². The number of nitrogens with one attached hydrogen (secondary N) is 1. The Morgan fingerprint density at radius 2 is 2.03 bits per heavy atom. The van der Waals surface area contributed by atoms with Gasteiger partial charge in [-0.2, -0.15) is 0 Å². The second kappa shape index (κ2) is 9.33. The third-order valence-electron chi connectivity index (χ3n) is 4.50. The van der Waals surface area contributed by atoms with Gasteiger partial charge in [0.05, 0.1) is 12.7 Å². The Labute approximate surface area is 173 Å². The van der Waals surface area contributed by atoms with E-state index in [1.165, 1.54) is 20.4 Å². The monoisotopic (exact) mass is 412 g/mol. The number of pyridine rings is 1. The molecule has 0 radical (unpaired) electrons. The Morgan fingerprint density at radius 1 is 1.23 bits per heavy atom.